The van der Waals surface area contributed by atoms with Gasteiger partial charge >= 0.3 is 0 Å². The monoisotopic (exact) mass is 198 g/mol. The fourth-order valence-corrected chi connectivity index (χ4v) is 2.74. The Morgan fingerprint density at radius 2 is 2.00 bits per heavy atom. The molecule has 0 amide bonds. The standard InChI is InChI=1S/C12H26N2/c1-4-14(5-2)10-12(13)8-6-7-11(3)9-12/h11H,4-10,13H2,1-3H3. The fraction of sp³-hybridized carbons (Fsp3) is 1.00. The average molecular weight is 198 g/mol. The fourth-order valence-electron chi connectivity index (χ4n) is 2.74. The molecule has 14 heavy (non-hydrogen) atoms. The van der Waals surface area contributed by atoms with Gasteiger partial charge in [-0.3, -0.25) is 0 Å². The maximum atomic E-state index is 6.46. The van der Waals surface area contributed by atoms with E-state index in [2.05, 4.69) is 25.7 Å². The van der Waals surface area contributed by atoms with Gasteiger partial charge in [-0.05, 0) is 31.8 Å². The van der Waals surface area contributed by atoms with Crippen LogP contribution < -0.4 is 5.73 Å². The molecule has 1 aliphatic carbocycles. The molecule has 0 saturated heterocycles. The minimum atomic E-state index is 0.101. The summed E-state index contributed by atoms with van der Waals surface area (Å²) in [7, 11) is 0. The van der Waals surface area contributed by atoms with Crippen molar-refractivity contribution in [2.75, 3.05) is 19.6 Å². The van der Waals surface area contributed by atoms with Crippen molar-refractivity contribution in [2.45, 2.75) is 52.0 Å². The predicted octanol–water partition coefficient (Wildman–Crippen LogP) is 2.24. The van der Waals surface area contributed by atoms with Crippen LogP contribution in [0.2, 0.25) is 0 Å². The number of nitrogens with two attached hydrogens (primary N) is 1. The van der Waals surface area contributed by atoms with E-state index in [0.717, 1.165) is 25.6 Å². The van der Waals surface area contributed by atoms with Gasteiger partial charge in [-0.25, -0.2) is 0 Å². The Labute approximate surface area is 88.8 Å². The molecule has 0 aromatic heterocycles. The van der Waals surface area contributed by atoms with Crippen molar-refractivity contribution in [1.82, 2.24) is 4.90 Å². The third-order valence-electron chi connectivity index (χ3n) is 3.56. The predicted molar refractivity (Wildman–Crippen MR) is 62.3 cm³/mol. The summed E-state index contributed by atoms with van der Waals surface area (Å²) >= 11 is 0. The van der Waals surface area contributed by atoms with Crippen LogP contribution in [0.4, 0.5) is 0 Å². The van der Waals surface area contributed by atoms with Crippen molar-refractivity contribution < 1.29 is 0 Å². The molecule has 2 unspecified atom stereocenters. The van der Waals surface area contributed by atoms with Gasteiger partial charge in [0.05, 0.1) is 0 Å². The number of nitrogens with zero attached hydrogens (tertiary/aromatic N) is 1. The minimum Gasteiger partial charge on any atom is -0.324 e. The number of hydrogen-bond acceptors (Lipinski definition) is 2. The van der Waals surface area contributed by atoms with Crippen molar-refractivity contribution in [2.24, 2.45) is 11.7 Å². The minimum absolute atomic E-state index is 0.101. The SMILES string of the molecule is CCN(CC)CC1(N)CCCC(C)C1. The maximum Gasteiger partial charge on any atom is 0.0285 e. The van der Waals surface area contributed by atoms with Crippen molar-refractivity contribution in [3.8, 4) is 0 Å². The van der Waals surface area contributed by atoms with Crippen LogP contribution in [0.3, 0.4) is 0 Å². The Morgan fingerprint density at radius 3 is 2.50 bits per heavy atom. The van der Waals surface area contributed by atoms with Gasteiger partial charge in [-0.2, -0.15) is 0 Å². The van der Waals surface area contributed by atoms with E-state index >= 15 is 0 Å². The molecular formula is C12H26N2. The molecule has 0 aromatic rings. The highest BCUT2D eigenvalue weighted by Crippen LogP contribution is 2.30. The smallest absolute Gasteiger partial charge is 0.0285 e. The van der Waals surface area contributed by atoms with Crippen LogP contribution in [0.1, 0.15) is 46.5 Å². The molecule has 2 heteroatoms. The van der Waals surface area contributed by atoms with Crippen LogP contribution in [0.15, 0.2) is 0 Å². The summed E-state index contributed by atoms with van der Waals surface area (Å²) in [6.45, 7) is 10.1. The van der Waals surface area contributed by atoms with Gasteiger partial charge < -0.3 is 10.6 Å². The van der Waals surface area contributed by atoms with Crippen LogP contribution in [0.25, 0.3) is 0 Å². The van der Waals surface area contributed by atoms with Crippen LogP contribution in [-0.4, -0.2) is 30.1 Å². The zero-order chi connectivity index (χ0) is 10.6. The van der Waals surface area contributed by atoms with Crippen molar-refractivity contribution in [3.63, 3.8) is 0 Å². The quantitative estimate of drug-likeness (QED) is 0.750. The zero-order valence-electron chi connectivity index (χ0n) is 10.1. The molecule has 0 aromatic carbocycles. The van der Waals surface area contributed by atoms with E-state index in [1.165, 1.54) is 25.7 Å². The lowest BCUT2D eigenvalue weighted by molar-refractivity contribution is 0.159. The highest BCUT2D eigenvalue weighted by molar-refractivity contribution is 4.92. The van der Waals surface area contributed by atoms with E-state index in [1.54, 1.807) is 0 Å². The third kappa shape index (κ3) is 3.25. The summed E-state index contributed by atoms with van der Waals surface area (Å²) < 4.78 is 0. The van der Waals surface area contributed by atoms with Gasteiger partial charge in [0.25, 0.3) is 0 Å². The molecule has 0 bridgehead atoms. The molecule has 0 heterocycles. The molecule has 1 fully saturated rings. The van der Waals surface area contributed by atoms with Crippen LogP contribution in [-0.2, 0) is 0 Å². The first kappa shape index (κ1) is 12.0. The first-order chi connectivity index (χ1) is 6.59. The Hall–Kier alpha value is -0.0800. The molecule has 1 saturated carbocycles. The largest absolute Gasteiger partial charge is 0.324 e. The van der Waals surface area contributed by atoms with E-state index in [9.17, 15) is 0 Å². The van der Waals surface area contributed by atoms with E-state index in [4.69, 9.17) is 5.73 Å². The van der Waals surface area contributed by atoms with E-state index in [0.29, 0.717) is 0 Å². The highest BCUT2D eigenvalue weighted by atomic mass is 15.1. The molecule has 1 rings (SSSR count). The van der Waals surface area contributed by atoms with Crippen molar-refractivity contribution in [3.05, 3.63) is 0 Å². The second kappa shape index (κ2) is 5.13. The van der Waals surface area contributed by atoms with Gasteiger partial charge in [0, 0.05) is 12.1 Å². The Kier molecular flexibility index (Phi) is 4.39. The lowest BCUT2D eigenvalue weighted by atomic mass is 9.77. The molecule has 84 valence electrons. The van der Waals surface area contributed by atoms with Crippen LogP contribution in [0, 0.1) is 5.92 Å². The lowest BCUT2D eigenvalue weighted by Crippen LogP contribution is -2.52. The van der Waals surface area contributed by atoms with Crippen molar-refractivity contribution in [1.29, 1.82) is 0 Å². The molecule has 1 aliphatic rings. The third-order valence-corrected chi connectivity index (χ3v) is 3.56. The summed E-state index contributed by atoms with van der Waals surface area (Å²) in [6, 6.07) is 0. The summed E-state index contributed by atoms with van der Waals surface area (Å²) in [5.74, 6) is 0.823. The first-order valence-corrected chi connectivity index (χ1v) is 6.11. The highest BCUT2D eigenvalue weighted by Gasteiger charge is 2.31. The van der Waals surface area contributed by atoms with E-state index in [1.807, 2.05) is 0 Å². The molecular weight excluding hydrogens is 172 g/mol. The second-order valence-electron chi connectivity index (χ2n) is 5.03. The molecule has 2 nitrogen and oxygen atoms in total. The molecule has 0 aliphatic heterocycles. The van der Waals surface area contributed by atoms with Gasteiger partial charge in [-0.1, -0.05) is 33.6 Å². The Morgan fingerprint density at radius 1 is 1.36 bits per heavy atom. The molecule has 0 spiro atoms. The second-order valence-corrected chi connectivity index (χ2v) is 5.03. The van der Waals surface area contributed by atoms with Gasteiger partial charge in [0.2, 0.25) is 0 Å². The normalized spacial score (nSPS) is 33.6. The maximum absolute atomic E-state index is 6.46. The van der Waals surface area contributed by atoms with E-state index in [-0.39, 0.29) is 5.54 Å². The Balaban J connectivity index is 2.46. The number of rotatable bonds is 4. The van der Waals surface area contributed by atoms with Gasteiger partial charge in [0.1, 0.15) is 0 Å². The average Bonchev–Trinajstić information content (AvgIpc) is 2.14. The lowest BCUT2D eigenvalue weighted by Gasteiger charge is -2.40. The zero-order valence-corrected chi connectivity index (χ0v) is 10.1. The molecule has 2 N–H and O–H groups in total. The summed E-state index contributed by atoms with van der Waals surface area (Å²) in [6.07, 6.45) is 5.12. The number of hydrogen-bond donors (Lipinski definition) is 1. The summed E-state index contributed by atoms with van der Waals surface area (Å²) in [5.41, 5.74) is 6.56. The van der Waals surface area contributed by atoms with Crippen LogP contribution >= 0.6 is 0 Å². The molecule has 0 radical (unpaired) electrons. The molecule has 2 atom stereocenters. The van der Waals surface area contributed by atoms with Gasteiger partial charge in [-0.15, -0.1) is 0 Å². The first-order valence-electron chi connectivity index (χ1n) is 6.11. The van der Waals surface area contributed by atoms with Crippen molar-refractivity contribution >= 4 is 0 Å². The Bertz CT molecular complexity index is 166. The summed E-state index contributed by atoms with van der Waals surface area (Å²) in [5, 5.41) is 0. The topological polar surface area (TPSA) is 29.3 Å². The number of likely N-dealkylation sites (N-methyl/N-ethyl adjacent to an activating group) is 1. The van der Waals surface area contributed by atoms with E-state index < -0.39 is 0 Å². The van der Waals surface area contributed by atoms with Gasteiger partial charge in [0.15, 0.2) is 0 Å². The van der Waals surface area contributed by atoms with Crippen LogP contribution in [0.5, 0.6) is 0 Å². The summed E-state index contributed by atoms with van der Waals surface area (Å²) in [4.78, 5) is 2.46.